The Labute approximate surface area is 133 Å². The number of hydrogen-bond acceptors (Lipinski definition) is 3. The van der Waals surface area contributed by atoms with Gasteiger partial charge in [-0.1, -0.05) is 26.7 Å². The maximum atomic E-state index is 6.23. The molecule has 3 rings (SSSR count). The molecule has 1 saturated heterocycles. The Hall–Kier alpha value is -0.380. The van der Waals surface area contributed by atoms with Gasteiger partial charge in [-0.05, 0) is 61.6 Å². The van der Waals surface area contributed by atoms with Crippen molar-refractivity contribution in [3.05, 3.63) is 21.9 Å². The highest BCUT2D eigenvalue weighted by Gasteiger charge is 2.42. The van der Waals surface area contributed by atoms with Crippen LogP contribution in [0.1, 0.15) is 68.9 Å². The molecule has 0 bridgehead atoms. The zero-order chi connectivity index (χ0) is 14.7. The topological polar surface area (TPSA) is 21.3 Å². The number of thiophene rings is 1. The predicted molar refractivity (Wildman–Crippen MR) is 90.0 cm³/mol. The zero-order valence-corrected chi connectivity index (χ0v) is 14.3. The molecule has 1 aliphatic heterocycles. The molecule has 118 valence electrons. The van der Waals surface area contributed by atoms with Crippen LogP contribution in [0.4, 0.5) is 0 Å². The lowest BCUT2D eigenvalue weighted by molar-refractivity contribution is -0.0980. The van der Waals surface area contributed by atoms with Gasteiger partial charge in [-0.2, -0.15) is 0 Å². The largest absolute Gasteiger partial charge is 0.375 e. The summed E-state index contributed by atoms with van der Waals surface area (Å²) in [6.07, 6.45) is 8.90. The summed E-state index contributed by atoms with van der Waals surface area (Å²) in [5.41, 5.74) is 1.76. The zero-order valence-electron chi connectivity index (χ0n) is 13.5. The summed E-state index contributed by atoms with van der Waals surface area (Å²) in [6, 6.07) is 2.85. The van der Waals surface area contributed by atoms with Gasteiger partial charge < -0.3 is 10.1 Å². The van der Waals surface area contributed by atoms with Crippen LogP contribution in [0.25, 0.3) is 0 Å². The highest BCUT2D eigenvalue weighted by atomic mass is 32.1. The van der Waals surface area contributed by atoms with Crippen molar-refractivity contribution in [1.29, 1.82) is 0 Å². The average molecular weight is 308 g/mol. The quantitative estimate of drug-likeness (QED) is 0.851. The van der Waals surface area contributed by atoms with Crippen molar-refractivity contribution in [2.45, 2.75) is 70.4 Å². The van der Waals surface area contributed by atoms with Crippen molar-refractivity contribution >= 4 is 11.3 Å². The summed E-state index contributed by atoms with van der Waals surface area (Å²) >= 11 is 1.94. The van der Waals surface area contributed by atoms with E-state index in [0.717, 1.165) is 25.5 Å². The minimum atomic E-state index is 0.222. The van der Waals surface area contributed by atoms with E-state index in [9.17, 15) is 0 Å². The highest BCUT2D eigenvalue weighted by Crippen LogP contribution is 2.46. The third-order valence-electron chi connectivity index (χ3n) is 5.39. The van der Waals surface area contributed by atoms with E-state index in [-0.39, 0.29) is 5.60 Å². The third-order valence-corrected chi connectivity index (χ3v) is 6.43. The van der Waals surface area contributed by atoms with Crippen LogP contribution < -0.4 is 5.32 Å². The Morgan fingerprint density at radius 3 is 2.90 bits per heavy atom. The summed E-state index contributed by atoms with van der Waals surface area (Å²) in [5.74, 6) is 0.737. The Kier molecular flexibility index (Phi) is 5.03. The molecule has 3 heteroatoms. The highest BCUT2D eigenvalue weighted by molar-refractivity contribution is 7.10. The molecule has 2 fully saturated rings. The van der Waals surface area contributed by atoms with Crippen molar-refractivity contribution in [2.75, 3.05) is 13.2 Å². The van der Waals surface area contributed by atoms with Gasteiger partial charge in [0, 0.05) is 17.5 Å². The summed E-state index contributed by atoms with van der Waals surface area (Å²) in [6.45, 7) is 6.52. The fourth-order valence-corrected chi connectivity index (χ4v) is 5.49. The van der Waals surface area contributed by atoms with Gasteiger partial charge in [-0.3, -0.25) is 0 Å². The molecule has 1 aliphatic carbocycles. The van der Waals surface area contributed by atoms with Crippen LogP contribution in [-0.2, 0) is 11.2 Å². The van der Waals surface area contributed by atoms with Crippen LogP contribution in [0, 0.1) is 5.92 Å². The fraction of sp³-hybridized carbons (Fsp3) is 0.778. The van der Waals surface area contributed by atoms with Crippen molar-refractivity contribution in [1.82, 2.24) is 5.32 Å². The lowest BCUT2D eigenvalue weighted by Gasteiger charge is -2.41. The van der Waals surface area contributed by atoms with E-state index in [1.165, 1.54) is 44.1 Å². The number of rotatable bonds is 5. The molecule has 1 aromatic heterocycles. The predicted octanol–water partition coefficient (Wildman–Crippen LogP) is 4.70. The lowest BCUT2D eigenvalue weighted by atomic mass is 9.79. The summed E-state index contributed by atoms with van der Waals surface area (Å²) < 4.78 is 6.23. The average Bonchev–Trinajstić information content (AvgIpc) is 3.14. The van der Waals surface area contributed by atoms with E-state index >= 15 is 0 Å². The molecule has 0 aromatic carbocycles. The molecule has 1 saturated carbocycles. The molecular weight excluding hydrogens is 278 g/mol. The number of nitrogens with one attached hydrogen (secondary N) is 1. The number of hydrogen-bond donors (Lipinski definition) is 1. The molecule has 0 radical (unpaired) electrons. The van der Waals surface area contributed by atoms with E-state index in [1.54, 1.807) is 4.88 Å². The lowest BCUT2D eigenvalue weighted by Crippen LogP contribution is -2.42. The van der Waals surface area contributed by atoms with Gasteiger partial charge in [0.15, 0.2) is 0 Å². The first kappa shape index (κ1) is 15.5. The first-order valence-electron chi connectivity index (χ1n) is 8.71. The molecule has 2 nitrogen and oxygen atoms in total. The van der Waals surface area contributed by atoms with Gasteiger partial charge in [-0.25, -0.2) is 0 Å². The molecular formula is C18H29NOS. The molecule has 1 spiro atoms. The van der Waals surface area contributed by atoms with E-state index < -0.39 is 0 Å². The Balaban J connectivity index is 1.80. The molecule has 1 aromatic rings. The number of aryl methyl sites for hydroxylation is 1. The van der Waals surface area contributed by atoms with E-state index in [4.69, 9.17) is 4.74 Å². The van der Waals surface area contributed by atoms with Crippen LogP contribution in [-0.4, -0.2) is 18.8 Å². The smallest absolute Gasteiger partial charge is 0.0686 e. The van der Waals surface area contributed by atoms with Crippen molar-refractivity contribution in [3.8, 4) is 0 Å². The molecule has 2 aliphatic rings. The monoisotopic (exact) mass is 307 g/mol. The van der Waals surface area contributed by atoms with Crippen molar-refractivity contribution < 1.29 is 4.74 Å². The van der Waals surface area contributed by atoms with Crippen molar-refractivity contribution in [2.24, 2.45) is 5.92 Å². The molecule has 2 atom stereocenters. The van der Waals surface area contributed by atoms with Gasteiger partial charge in [-0.15, -0.1) is 11.3 Å². The fourth-order valence-electron chi connectivity index (χ4n) is 4.32. The SMILES string of the molecule is CCNC(c1sccc1CC)C1CCOC2(CCCC2)C1. The van der Waals surface area contributed by atoms with Crippen LogP contribution in [0.15, 0.2) is 11.4 Å². The summed E-state index contributed by atoms with van der Waals surface area (Å²) in [4.78, 5) is 1.58. The van der Waals surface area contributed by atoms with Crippen LogP contribution in [0.5, 0.6) is 0 Å². The van der Waals surface area contributed by atoms with Crippen LogP contribution in [0.3, 0.4) is 0 Å². The molecule has 21 heavy (non-hydrogen) atoms. The second kappa shape index (κ2) is 6.80. The minimum Gasteiger partial charge on any atom is -0.375 e. The van der Waals surface area contributed by atoms with Crippen molar-refractivity contribution in [3.63, 3.8) is 0 Å². The Morgan fingerprint density at radius 1 is 1.38 bits per heavy atom. The summed E-state index contributed by atoms with van der Waals surface area (Å²) in [7, 11) is 0. The van der Waals surface area contributed by atoms with Gasteiger partial charge in [0.1, 0.15) is 0 Å². The Bertz CT molecular complexity index is 450. The van der Waals surface area contributed by atoms with Gasteiger partial charge >= 0.3 is 0 Å². The van der Waals surface area contributed by atoms with E-state index in [0.29, 0.717) is 6.04 Å². The number of ether oxygens (including phenoxy) is 1. The maximum Gasteiger partial charge on any atom is 0.0686 e. The molecule has 2 unspecified atom stereocenters. The first-order chi connectivity index (χ1) is 10.3. The van der Waals surface area contributed by atoms with Gasteiger partial charge in [0.2, 0.25) is 0 Å². The molecule has 0 amide bonds. The maximum absolute atomic E-state index is 6.23. The minimum absolute atomic E-state index is 0.222. The second-order valence-electron chi connectivity index (χ2n) is 6.69. The van der Waals surface area contributed by atoms with Gasteiger partial charge in [0.05, 0.1) is 5.60 Å². The van der Waals surface area contributed by atoms with Crippen LogP contribution in [0.2, 0.25) is 0 Å². The standard InChI is InChI=1S/C18H29NOS/c1-3-14-8-12-21-17(14)16(19-4-2)15-7-11-20-18(13-15)9-5-6-10-18/h8,12,15-16,19H,3-7,9-11,13H2,1-2H3. The van der Waals surface area contributed by atoms with E-state index in [1.807, 2.05) is 11.3 Å². The second-order valence-corrected chi connectivity index (χ2v) is 7.64. The third kappa shape index (κ3) is 3.20. The molecule has 2 heterocycles. The normalized spacial score (nSPS) is 26.3. The van der Waals surface area contributed by atoms with E-state index in [2.05, 4.69) is 30.6 Å². The molecule has 1 N–H and O–H groups in total. The first-order valence-corrected chi connectivity index (χ1v) is 9.59. The van der Waals surface area contributed by atoms with Crippen LogP contribution >= 0.6 is 11.3 Å². The Morgan fingerprint density at radius 2 is 2.19 bits per heavy atom. The summed E-state index contributed by atoms with van der Waals surface area (Å²) in [5, 5.41) is 6.06. The van der Waals surface area contributed by atoms with Gasteiger partial charge in [0.25, 0.3) is 0 Å².